The minimum Gasteiger partial charge on any atom is -0.377 e. The summed E-state index contributed by atoms with van der Waals surface area (Å²) in [6, 6.07) is 0.126. The highest BCUT2D eigenvalue weighted by molar-refractivity contribution is 5.77. The smallest absolute Gasteiger partial charge is 0.246 e. The van der Waals surface area contributed by atoms with Gasteiger partial charge in [0.2, 0.25) is 5.91 Å². The lowest BCUT2D eigenvalue weighted by Gasteiger charge is -2.09. The Morgan fingerprint density at radius 2 is 1.96 bits per heavy atom. The molecule has 1 amide bonds. The molecule has 1 heterocycles. The minimum absolute atomic E-state index is 0.0594. The van der Waals surface area contributed by atoms with Crippen molar-refractivity contribution in [3.63, 3.8) is 0 Å². The van der Waals surface area contributed by atoms with Crippen LogP contribution in [0.2, 0.25) is 0 Å². The van der Waals surface area contributed by atoms with Gasteiger partial charge in [-0.1, -0.05) is 5.21 Å². The van der Waals surface area contributed by atoms with Crippen molar-refractivity contribution in [3.05, 3.63) is 11.9 Å². The summed E-state index contributed by atoms with van der Waals surface area (Å²) in [7, 11) is 0. The Hall–Kier alpha value is -1.51. The van der Waals surface area contributed by atoms with Crippen molar-refractivity contribution < 1.29 is 19.0 Å². The second-order valence-corrected chi connectivity index (χ2v) is 5.72. The first-order valence-electron chi connectivity index (χ1n) is 7.93. The van der Waals surface area contributed by atoms with Crippen LogP contribution < -0.4 is 5.32 Å². The largest absolute Gasteiger partial charge is 0.377 e. The summed E-state index contributed by atoms with van der Waals surface area (Å²) in [4.78, 5) is 11.3. The maximum Gasteiger partial charge on any atom is 0.246 e. The highest BCUT2D eigenvalue weighted by Gasteiger charge is 2.04. The molecule has 132 valence electrons. The van der Waals surface area contributed by atoms with E-state index in [0.717, 1.165) is 5.69 Å². The summed E-state index contributed by atoms with van der Waals surface area (Å²) in [6.45, 7) is 10.2. The van der Waals surface area contributed by atoms with Crippen LogP contribution in [0.15, 0.2) is 6.20 Å². The van der Waals surface area contributed by atoms with Crippen LogP contribution in [-0.4, -0.2) is 59.5 Å². The summed E-state index contributed by atoms with van der Waals surface area (Å²) in [6.07, 6.45) is 2.02. The van der Waals surface area contributed by atoms with Crippen molar-refractivity contribution in [3.8, 4) is 0 Å². The summed E-state index contributed by atoms with van der Waals surface area (Å²) in [5.41, 5.74) is 0.804. The first-order chi connectivity index (χ1) is 11.0. The number of hydrogen-bond acceptors (Lipinski definition) is 6. The third-order valence-electron chi connectivity index (χ3n) is 2.67. The van der Waals surface area contributed by atoms with E-state index in [-0.39, 0.29) is 24.7 Å². The van der Waals surface area contributed by atoms with Gasteiger partial charge in [0, 0.05) is 6.04 Å². The number of ether oxygens (including phenoxy) is 3. The number of nitrogens with one attached hydrogen (secondary N) is 1. The fourth-order valence-corrected chi connectivity index (χ4v) is 1.67. The van der Waals surface area contributed by atoms with E-state index >= 15 is 0 Å². The predicted octanol–water partition coefficient (Wildman–Crippen LogP) is 0.761. The standard InChI is InChI=1S/C15H28N4O4/c1-12(2)16-15(20)11-22-8-7-21-6-5-19-9-14(17-18-19)10-23-13(3)4/h9,12-13H,5-8,10-11H2,1-4H3,(H,16,20). The third kappa shape index (κ3) is 9.98. The molecule has 1 rings (SSSR count). The minimum atomic E-state index is -0.112. The number of carbonyl (C=O) groups is 1. The first kappa shape index (κ1) is 19.5. The van der Waals surface area contributed by atoms with Crippen LogP contribution in [-0.2, 0) is 32.2 Å². The molecule has 0 aromatic carbocycles. The quantitative estimate of drug-likeness (QED) is 0.570. The lowest BCUT2D eigenvalue weighted by Crippen LogP contribution is -2.33. The Balaban J connectivity index is 2.01. The topological polar surface area (TPSA) is 87.5 Å². The maximum atomic E-state index is 11.3. The Morgan fingerprint density at radius 1 is 1.22 bits per heavy atom. The highest BCUT2D eigenvalue weighted by Crippen LogP contribution is 1.99. The van der Waals surface area contributed by atoms with Gasteiger partial charge in [-0.15, -0.1) is 5.10 Å². The van der Waals surface area contributed by atoms with E-state index in [1.807, 2.05) is 33.9 Å². The number of carbonyl (C=O) groups excluding carboxylic acids is 1. The molecule has 0 aliphatic carbocycles. The molecule has 0 aliphatic rings. The van der Waals surface area contributed by atoms with Crippen LogP contribution >= 0.6 is 0 Å². The predicted molar refractivity (Wildman–Crippen MR) is 84.9 cm³/mol. The SMILES string of the molecule is CC(C)NC(=O)COCCOCCn1cc(COC(C)C)nn1. The summed E-state index contributed by atoms with van der Waals surface area (Å²) < 4.78 is 17.8. The molecule has 8 heteroatoms. The summed E-state index contributed by atoms with van der Waals surface area (Å²) >= 11 is 0. The van der Waals surface area contributed by atoms with E-state index < -0.39 is 0 Å². The van der Waals surface area contributed by atoms with Crippen LogP contribution in [0.5, 0.6) is 0 Å². The van der Waals surface area contributed by atoms with Gasteiger partial charge in [-0.05, 0) is 27.7 Å². The van der Waals surface area contributed by atoms with E-state index in [2.05, 4.69) is 15.6 Å². The molecule has 0 spiro atoms. The maximum absolute atomic E-state index is 11.3. The van der Waals surface area contributed by atoms with Crippen LogP contribution in [0.4, 0.5) is 0 Å². The second-order valence-electron chi connectivity index (χ2n) is 5.72. The van der Waals surface area contributed by atoms with Crippen LogP contribution in [0, 0.1) is 0 Å². The Kier molecular flexibility index (Phi) is 9.42. The molecule has 1 aromatic rings. The zero-order chi connectivity index (χ0) is 17.1. The van der Waals surface area contributed by atoms with Gasteiger partial charge in [0.15, 0.2) is 0 Å². The summed E-state index contributed by atoms with van der Waals surface area (Å²) in [5, 5.41) is 10.8. The molecule has 0 aliphatic heterocycles. The molecule has 0 fully saturated rings. The van der Waals surface area contributed by atoms with Crippen molar-refractivity contribution in [1.82, 2.24) is 20.3 Å². The van der Waals surface area contributed by atoms with Crippen LogP contribution in [0.25, 0.3) is 0 Å². The zero-order valence-corrected chi connectivity index (χ0v) is 14.4. The molecule has 1 N–H and O–H groups in total. The van der Waals surface area contributed by atoms with Gasteiger partial charge < -0.3 is 19.5 Å². The van der Waals surface area contributed by atoms with Gasteiger partial charge in [0.25, 0.3) is 0 Å². The molecule has 0 radical (unpaired) electrons. The van der Waals surface area contributed by atoms with Crippen molar-refractivity contribution >= 4 is 5.91 Å². The molecular weight excluding hydrogens is 300 g/mol. The fraction of sp³-hybridized carbons (Fsp3) is 0.800. The Bertz CT molecular complexity index is 448. The van der Waals surface area contributed by atoms with E-state index in [1.165, 1.54) is 0 Å². The number of rotatable bonds is 12. The van der Waals surface area contributed by atoms with E-state index in [9.17, 15) is 4.79 Å². The van der Waals surface area contributed by atoms with Crippen molar-refractivity contribution in [2.45, 2.75) is 53.0 Å². The fourth-order valence-electron chi connectivity index (χ4n) is 1.67. The van der Waals surface area contributed by atoms with Crippen LogP contribution in [0.3, 0.4) is 0 Å². The van der Waals surface area contributed by atoms with Gasteiger partial charge in [0.05, 0.1) is 45.3 Å². The molecule has 1 aromatic heterocycles. The number of aromatic nitrogens is 3. The van der Waals surface area contributed by atoms with Gasteiger partial charge in [-0.25, -0.2) is 4.68 Å². The van der Waals surface area contributed by atoms with Crippen molar-refractivity contribution in [1.29, 1.82) is 0 Å². The van der Waals surface area contributed by atoms with Gasteiger partial charge in [-0.3, -0.25) is 4.79 Å². The van der Waals surface area contributed by atoms with Crippen molar-refractivity contribution in [2.24, 2.45) is 0 Å². The molecular formula is C15H28N4O4. The monoisotopic (exact) mass is 328 g/mol. The van der Waals surface area contributed by atoms with E-state index in [1.54, 1.807) is 4.68 Å². The first-order valence-corrected chi connectivity index (χ1v) is 7.93. The Labute approximate surface area is 137 Å². The van der Waals surface area contributed by atoms with E-state index in [4.69, 9.17) is 14.2 Å². The lowest BCUT2D eigenvalue weighted by molar-refractivity contribution is -0.126. The molecule has 0 atom stereocenters. The molecule has 0 saturated carbocycles. The van der Waals surface area contributed by atoms with Gasteiger partial charge in [0.1, 0.15) is 12.3 Å². The average molecular weight is 328 g/mol. The third-order valence-corrected chi connectivity index (χ3v) is 2.67. The van der Waals surface area contributed by atoms with E-state index in [0.29, 0.717) is 33.0 Å². The Morgan fingerprint density at radius 3 is 2.65 bits per heavy atom. The highest BCUT2D eigenvalue weighted by atomic mass is 16.5. The van der Waals surface area contributed by atoms with Crippen LogP contribution in [0.1, 0.15) is 33.4 Å². The lowest BCUT2D eigenvalue weighted by atomic mass is 10.4. The average Bonchev–Trinajstić information content (AvgIpc) is 2.91. The number of amides is 1. The zero-order valence-electron chi connectivity index (χ0n) is 14.4. The number of nitrogens with zero attached hydrogens (tertiary/aromatic N) is 3. The molecule has 8 nitrogen and oxygen atoms in total. The molecule has 0 unspecified atom stereocenters. The molecule has 0 saturated heterocycles. The second kappa shape index (κ2) is 11.1. The van der Waals surface area contributed by atoms with Gasteiger partial charge >= 0.3 is 0 Å². The normalized spacial score (nSPS) is 11.4. The molecule has 23 heavy (non-hydrogen) atoms. The molecule has 0 bridgehead atoms. The van der Waals surface area contributed by atoms with Crippen molar-refractivity contribution in [2.75, 3.05) is 26.4 Å². The number of hydrogen-bond donors (Lipinski definition) is 1. The summed E-state index contributed by atoms with van der Waals surface area (Å²) in [5.74, 6) is -0.112. The van der Waals surface area contributed by atoms with Gasteiger partial charge in [-0.2, -0.15) is 0 Å².